The van der Waals surface area contributed by atoms with Crippen LogP contribution >= 0.6 is 27.5 Å². The Labute approximate surface area is 126 Å². The number of nitrogen functional groups attached to an aromatic ring is 1. The van der Waals surface area contributed by atoms with Crippen LogP contribution in [0.3, 0.4) is 0 Å². The first kappa shape index (κ1) is 14.7. The molecule has 0 spiro atoms. The van der Waals surface area contributed by atoms with Gasteiger partial charge in [0, 0.05) is 22.4 Å². The summed E-state index contributed by atoms with van der Waals surface area (Å²) in [5.74, 6) is -3.01. The van der Waals surface area contributed by atoms with E-state index in [0.29, 0.717) is 4.47 Å². The van der Waals surface area contributed by atoms with Gasteiger partial charge < -0.3 is 11.1 Å². The number of halogens is 4. The van der Waals surface area contributed by atoms with Crippen LogP contribution in [0.25, 0.3) is 0 Å². The van der Waals surface area contributed by atoms with Gasteiger partial charge in [0.2, 0.25) is 0 Å². The molecule has 2 aromatic rings. The number of hydrogen-bond acceptors (Lipinski definition) is 3. The van der Waals surface area contributed by atoms with Crippen molar-refractivity contribution in [1.82, 2.24) is 4.98 Å². The van der Waals surface area contributed by atoms with E-state index >= 15 is 0 Å². The summed E-state index contributed by atoms with van der Waals surface area (Å²) in [6.07, 6.45) is 1.45. The molecule has 0 saturated heterocycles. The van der Waals surface area contributed by atoms with E-state index in [1.165, 1.54) is 12.3 Å². The minimum atomic E-state index is -1.16. The fourth-order valence-electron chi connectivity index (χ4n) is 1.46. The van der Waals surface area contributed by atoms with E-state index in [-0.39, 0.29) is 22.1 Å². The van der Waals surface area contributed by atoms with Gasteiger partial charge in [0.15, 0.2) is 16.8 Å². The number of benzene rings is 1. The maximum atomic E-state index is 13.1. The van der Waals surface area contributed by atoms with E-state index in [4.69, 9.17) is 17.3 Å². The Morgan fingerprint density at radius 3 is 2.65 bits per heavy atom. The van der Waals surface area contributed by atoms with Crippen LogP contribution in [0.4, 0.5) is 20.2 Å². The largest absolute Gasteiger partial charge is 0.398 e. The van der Waals surface area contributed by atoms with Crippen LogP contribution in [0.2, 0.25) is 5.15 Å². The fourth-order valence-corrected chi connectivity index (χ4v) is 1.94. The van der Waals surface area contributed by atoms with Crippen molar-refractivity contribution in [3.8, 4) is 0 Å². The molecule has 1 aromatic heterocycles. The van der Waals surface area contributed by atoms with Crippen molar-refractivity contribution in [3.05, 3.63) is 51.2 Å². The van der Waals surface area contributed by atoms with Gasteiger partial charge >= 0.3 is 0 Å². The molecule has 104 valence electrons. The molecular weight excluding hydrogens is 356 g/mol. The van der Waals surface area contributed by atoms with E-state index in [1.54, 1.807) is 0 Å². The Kier molecular flexibility index (Phi) is 4.20. The smallest absolute Gasteiger partial charge is 0.257 e. The summed E-state index contributed by atoms with van der Waals surface area (Å²) in [6.45, 7) is 0. The number of nitrogens with one attached hydrogen (secondary N) is 1. The zero-order valence-corrected chi connectivity index (χ0v) is 12.1. The number of rotatable bonds is 2. The minimum absolute atomic E-state index is 0.0581. The number of amides is 1. The van der Waals surface area contributed by atoms with Crippen molar-refractivity contribution in [3.63, 3.8) is 0 Å². The summed E-state index contributed by atoms with van der Waals surface area (Å²) in [7, 11) is 0. The van der Waals surface area contributed by atoms with Gasteiger partial charge in [-0.25, -0.2) is 13.8 Å². The summed E-state index contributed by atoms with van der Waals surface area (Å²) < 4.78 is 26.7. The molecule has 0 aliphatic rings. The molecule has 0 aliphatic heterocycles. The summed E-state index contributed by atoms with van der Waals surface area (Å²) in [4.78, 5) is 15.8. The Balaban J connectivity index is 2.33. The normalized spacial score (nSPS) is 10.4. The lowest BCUT2D eigenvalue weighted by atomic mass is 10.1. The summed E-state index contributed by atoms with van der Waals surface area (Å²) in [5, 5.41) is 2.48. The van der Waals surface area contributed by atoms with Crippen molar-refractivity contribution in [2.75, 3.05) is 11.1 Å². The Morgan fingerprint density at radius 2 is 1.95 bits per heavy atom. The number of pyridine rings is 1. The van der Waals surface area contributed by atoms with Gasteiger partial charge in [-0.2, -0.15) is 0 Å². The Morgan fingerprint density at radius 1 is 1.30 bits per heavy atom. The molecule has 1 heterocycles. The van der Waals surface area contributed by atoms with Gasteiger partial charge in [0.1, 0.15) is 0 Å². The number of anilines is 2. The molecule has 0 saturated carbocycles. The molecule has 0 atom stereocenters. The van der Waals surface area contributed by atoms with Crippen molar-refractivity contribution in [1.29, 1.82) is 0 Å². The van der Waals surface area contributed by atoms with Crippen molar-refractivity contribution < 1.29 is 13.6 Å². The van der Waals surface area contributed by atoms with Crippen molar-refractivity contribution in [2.24, 2.45) is 0 Å². The summed E-state index contributed by atoms with van der Waals surface area (Å²) in [5.41, 5.74) is 5.33. The third-order valence-corrected chi connectivity index (χ3v) is 3.13. The maximum Gasteiger partial charge on any atom is 0.257 e. The predicted molar refractivity (Wildman–Crippen MR) is 75.7 cm³/mol. The molecule has 0 radical (unpaired) electrons. The third kappa shape index (κ3) is 3.05. The quantitative estimate of drug-likeness (QED) is 0.633. The number of carbonyl (C=O) groups is 1. The van der Waals surface area contributed by atoms with Crippen LogP contribution < -0.4 is 11.1 Å². The SMILES string of the molecule is Nc1cc(F)c(F)cc1C(=O)Nc1cc(Br)cnc1Cl. The zero-order valence-electron chi connectivity index (χ0n) is 9.75. The van der Waals surface area contributed by atoms with Crippen molar-refractivity contribution >= 4 is 44.8 Å². The molecule has 3 N–H and O–H groups in total. The van der Waals surface area contributed by atoms with Crippen molar-refractivity contribution in [2.45, 2.75) is 0 Å². The highest BCUT2D eigenvalue weighted by Gasteiger charge is 2.16. The van der Waals surface area contributed by atoms with Crippen LogP contribution in [0.5, 0.6) is 0 Å². The Hall–Kier alpha value is -1.73. The zero-order chi connectivity index (χ0) is 14.9. The second-order valence-electron chi connectivity index (χ2n) is 3.80. The number of nitrogens with two attached hydrogens (primary N) is 1. The van der Waals surface area contributed by atoms with Gasteiger partial charge in [-0.3, -0.25) is 4.79 Å². The minimum Gasteiger partial charge on any atom is -0.398 e. The average Bonchev–Trinajstić information content (AvgIpc) is 2.38. The first-order valence-corrected chi connectivity index (χ1v) is 6.42. The highest BCUT2D eigenvalue weighted by atomic mass is 79.9. The van der Waals surface area contributed by atoms with E-state index in [9.17, 15) is 13.6 Å². The molecule has 0 fully saturated rings. The summed E-state index contributed by atoms with van der Waals surface area (Å²) >= 11 is 8.98. The van der Waals surface area contributed by atoms with Gasteiger partial charge in [-0.1, -0.05) is 11.6 Å². The lowest BCUT2D eigenvalue weighted by molar-refractivity contribution is 0.102. The van der Waals surface area contributed by atoms with Gasteiger partial charge in [0.25, 0.3) is 5.91 Å². The fraction of sp³-hybridized carbons (Fsp3) is 0. The lowest BCUT2D eigenvalue weighted by Crippen LogP contribution is -2.15. The number of hydrogen-bond donors (Lipinski definition) is 2. The number of aromatic nitrogens is 1. The topological polar surface area (TPSA) is 68.0 Å². The average molecular weight is 363 g/mol. The third-order valence-electron chi connectivity index (χ3n) is 2.39. The van der Waals surface area contributed by atoms with Crippen LogP contribution in [0, 0.1) is 11.6 Å². The van der Waals surface area contributed by atoms with Gasteiger partial charge in [-0.15, -0.1) is 0 Å². The second-order valence-corrected chi connectivity index (χ2v) is 5.07. The molecule has 0 unspecified atom stereocenters. The maximum absolute atomic E-state index is 13.1. The molecular formula is C12H7BrClF2N3O. The highest BCUT2D eigenvalue weighted by Crippen LogP contribution is 2.25. The van der Waals surface area contributed by atoms with Crippen LogP contribution in [0.15, 0.2) is 28.9 Å². The Bertz CT molecular complexity index is 697. The molecule has 1 amide bonds. The monoisotopic (exact) mass is 361 g/mol. The standard InChI is InChI=1S/C12H7BrClF2N3O/c13-5-1-10(11(14)18-4-5)19-12(20)6-2-7(15)8(16)3-9(6)17/h1-4H,17H2,(H,19,20). The van der Waals surface area contributed by atoms with Crippen LogP contribution in [-0.2, 0) is 0 Å². The summed E-state index contributed by atoms with van der Waals surface area (Å²) in [6, 6.07) is 2.98. The highest BCUT2D eigenvalue weighted by molar-refractivity contribution is 9.10. The van der Waals surface area contributed by atoms with E-state index in [0.717, 1.165) is 12.1 Å². The molecule has 0 bridgehead atoms. The second kappa shape index (κ2) is 5.72. The van der Waals surface area contributed by atoms with E-state index in [2.05, 4.69) is 26.2 Å². The molecule has 8 heteroatoms. The molecule has 1 aromatic carbocycles. The van der Waals surface area contributed by atoms with E-state index < -0.39 is 17.5 Å². The predicted octanol–water partition coefficient (Wildman–Crippen LogP) is 3.61. The number of carbonyl (C=O) groups excluding carboxylic acids is 1. The van der Waals surface area contributed by atoms with Crippen LogP contribution in [0.1, 0.15) is 10.4 Å². The molecule has 2 rings (SSSR count). The lowest BCUT2D eigenvalue weighted by Gasteiger charge is -2.09. The van der Waals surface area contributed by atoms with Gasteiger partial charge in [0.05, 0.1) is 11.3 Å². The van der Waals surface area contributed by atoms with Gasteiger partial charge in [-0.05, 0) is 28.1 Å². The van der Waals surface area contributed by atoms with Crippen LogP contribution in [-0.4, -0.2) is 10.9 Å². The number of nitrogens with zero attached hydrogens (tertiary/aromatic N) is 1. The molecule has 20 heavy (non-hydrogen) atoms. The first-order chi connectivity index (χ1) is 9.38. The molecule has 4 nitrogen and oxygen atoms in total. The molecule has 0 aliphatic carbocycles. The van der Waals surface area contributed by atoms with E-state index in [1.807, 2.05) is 0 Å². The first-order valence-electron chi connectivity index (χ1n) is 5.25.